The molecule has 0 N–H and O–H groups in total. The van der Waals surface area contributed by atoms with Crippen LogP contribution in [0.1, 0.15) is 42.4 Å². The SMILES string of the molecule is ClCc1nn2c(C3CCCC3)nnc2s1. The van der Waals surface area contributed by atoms with E-state index in [1.54, 1.807) is 0 Å². The van der Waals surface area contributed by atoms with Crippen molar-refractivity contribution in [2.75, 3.05) is 0 Å². The predicted octanol–water partition coefficient (Wildman–Crippen LogP) is 2.58. The zero-order valence-electron chi connectivity index (χ0n) is 8.19. The van der Waals surface area contributed by atoms with E-state index in [1.807, 2.05) is 4.52 Å². The first kappa shape index (κ1) is 9.54. The monoisotopic (exact) mass is 242 g/mol. The summed E-state index contributed by atoms with van der Waals surface area (Å²) < 4.78 is 1.87. The number of nitrogens with zero attached hydrogens (tertiary/aromatic N) is 4. The third-order valence-electron chi connectivity index (χ3n) is 2.89. The van der Waals surface area contributed by atoms with Crippen molar-refractivity contribution in [3.05, 3.63) is 10.8 Å². The van der Waals surface area contributed by atoms with E-state index >= 15 is 0 Å². The summed E-state index contributed by atoms with van der Waals surface area (Å²) in [5.41, 5.74) is 0. The Morgan fingerprint density at radius 1 is 1.33 bits per heavy atom. The first-order chi connectivity index (χ1) is 7.38. The minimum absolute atomic E-state index is 0.456. The molecule has 4 nitrogen and oxygen atoms in total. The Morgan fingerprint density at radius 3 is 2.87 bits per heavy atom. The standard InChI is InChI=1S/C9H11ClN4S/c10-5-7-13-14-8(6-3-1-2-4-6)11-12-9(14)15-7/h6H,1-5H2. The molecule has 0 aliphatic heterocycles. The second-order valence-electron chi connectivity index (χ2n) is 3.86. The maximum Gasteiger partial charge on any atom is 0.234 e. The van der Waals surface area contributed by atoms with Gasteiger partial charge in [-0.15, -0.1) is 21.8 Å². The van der Waals surface area contributed by atoms with Crippen LogP contribution in [0.4, 0.5) is 0 Å². The average Bonchev–Trinajstić information content (AvgIpc) is 2.92. The van der Waals surface area contributed by atoms with Gasteiger partial charge < -0.3 is 0 Å². The maximum atomic E-state index is 5.75. The third kappa shape index (κ3) is 1.54. The van der Waals surface area contributed by atoms with Gasteiger partial charge in [0, 0.05) is 5.92 Å². The Kier molecular flexibility index (Phi) is 2.36. The second-order valence-corrected chi connectivity index (χ2v) is 5.17. The summed E-state index contributed by atoms with van der Waals surface area (Å²) in [6.07, 6.45) is 5.03. The van der Waals surface area contributed by atoms with E-state index in [2.05, 4.69) is 15.3 Å². The minimum atomic E-state index is 0.456. The third-order valence-corrected chi connectivity index (χ3v) is 4.20. The van der Waals surface area contributed by atoms with Crippen molar-refractivity contribution in [3.63, 3.8) is 0 Å². The van der Waals surface area contributed by atoms with Gasteiger partial charge in [0.25, 0.3) is 0 Å². The summed E-state index contributed by atoms with van der Waals surface area (Å²) in [6.45, 7) is 0. The number of hydrogen-bond donors (Lipinski definition) is 0. The quantitative estimate of drug-likeness (QED) is 0.761. The molecule has 2 aromatic rings. The number of fused-ring (bicyclic) bond motifs is 1. The normalized spacial score (nSPS) is 17.9. The number of aromatic nitrogens is 4. The highest BCUT2D eigenvalue weighted by atomic mass is 35.5. The summed E-state index contributed by atoms with van der Waals surface area (Å²) in [7, 11) is 0. The van der Waals surface area contributed by atoms with Crippen LogP contribution in [0.15, 0.2) is 0 Å². The zero-order chi connectivity index (χ0) is 10.3. The van der Waals surface area contributed by atoms with Crippen molar-refractivity contribution in [2.24, 2.45) is 0 Å². The van der Waals surface area contributed by atoms with Crippen LogP contribution in [-0.4, -0.2) is 19.8 Å². The van der Waals surface area contributed by atoms with E-state index in [9.17, 15) is 0 Å². The molecule has 0 unspecified atom stereocenters. The fourth-order valence-electron chi connectivity index (χ4n) is 2.16. The molecule has 3 rings (SSSR count). The van der Waals surface area contributed by atoms with Crippen LogP contribution in [0.2, 0.25) is 0 Å². The lowest BCUT2D eigenvalue weighted by molar-refractivity contribution is 0.639. The maximum absolute atomic E-state index is 5.75. The highest BCUT2D eigenvalue weighted by Gasteiger charge is 2.23. The van der Waals surface area contributed by atoms with Crippen LogP contribution in [0, 0.1) is 0 Å². The van der Waals surface area contributed by atoms with Gasteiger partial charge in [-0.1, -0.05) is 24.2 Å². The highest BCUT2D eigenvalue weighted by molar-refractivity contribution is 7.16. The van der Waals surface area contributed by atoms with Crippen molar-refractivity contribution in [3.8, 4) is 0 Å². The fourth-order valence-corrected chi connectivity index (χ4v) is 3.07. The number of halogens is 1. The van der Waals surface area contributed by atoms with Gasteiger partial charge in [0.05, 0.1) is 5.88 Å². The Balaban J connectivity index is 2.05. The number of alkyl halides is 1. The lowest BCUT2D eigenvalue weighted by atomic mass is 10.1. The van der Waals surface area contributed by atoms with Crippen LogP contribution < -0.4 is 0 Å². The molecule has 0 aromatic carbocycles. The van der Waals surface area contributed by atoms with Crippen molar-refractivity contribution in [1.29, 1.82) is 0 Å². The molecule has 15 heavy (non-hydrogen) atoms. The number of hydrogen-bond acceptors (Lipinski definition) is 4. The molecule has 1 fully saturated rings. The topological polar surface area (TPSA) is 43.1 Å². The van der Waals surface area contributed by atoms with E-state index in [0.717, 1.165) is 15.8 Å². The summed E-state index contributed by atoms with van der Waals surface area (Å²) in [6, 6.07) is 0. The minimum Gasteiger partial charge on any atom is -0.187 e. The van der Waals surface area contributed by atoms with Gasteiger partial charge in [-0.05, 0) is 12.8 Å². The lowest BCUT2D eigenvalue weighted by Gasteiger charge is -2.03. The van der Waals surface area contributed by atoms with E-state index in [-0.39, 0.29) is 0 Å². The zero-order valence-corrected chi connectivity index (χ0v) is 9.76. The van der Waals surface area contributed by atoms with Gasteiger partial charge in [0.2, 0.25) is 4.96 Å². The van der Waals surface area contributed by atoms with Gasteiger partial charge in [-0.25, -0.2) is 0 Å². The molecule has 0 amide bonds. The van der Waals surface area contributed by atoms with E-state index in [1.165, 1.54) is 37.0 Å². The Labute approximate surface area is 96.3 Å². The predicted molar refractivity (Wildman–Crippen MR) is 59.4 cm³/mol. The Hall–Kier alpha value is -0.680. The number of rotatable bonds is 2. The van der Waals surface area contributed by atoms with Crippen LogP contribution >= 0.6 is 22.9 Å². The van der Waals surface area contributed by atoms with Crippen LogP contribution in [0.3, 0.4) is 0 Å². The average molecular weight is 243 g/mol. The molecule has 2 heterocycles. The van der Waals surface area contributed by atoms with Gasteiger partial charge in [-0.3, -0.25) is 0 Å². The van der Waals surface area contributed by atoms with Gasteiger partial charge in [0.1, 0.15) is 5.01 Å². The van der Waals surface area contributed by atoms with E-state index in [0.29, 0.717) is 11.8 Å². The molecule has 2 aromatic heterocycles. The van der Waals surface area contributed by atoms with Crippen molar-refractivity contribution in [2.45, 2.75) is 37.5 Å². The molecule has 0 bridgehead atoms. The van der Waals surface area contributed by atoms with Crippen LogP contribution in [-0.2, 0) is 5.88 Å². The molecule has 1 aliphatic rings. The molecule has 0 atom stereocenters. The van der Waals surface area contributed by atoms with Crippen molar-refractivity contribution >= 4 is 27.9 Å². The van der Waals surface area contributed by atoms with Crippen LogP contribution in [0.25, 0.3) is 4.96 Å². The summed E-state index contributed by atoms with van der Waals surface area (Å²) >= 11 is 7.28. The molecule has 80 valence electrons. The second kappa shape index (κ2) is 3.72. The van der Waals surface area contributed by atoms with Crippen molar-refractivity contribution < 1.29 is 0 Å². The molecule has 1 aliphatic carbocycles. The van der Waals surface area contributed by atoms with E-state index in [4.69, 9.17) is 11.6 Å². The lowest BCUT2D eigenvalue weighted by Crippen LogP contribution is -2.01. The Bertz CT molecular complexity index is 471. The molecule has 0 saturated heterocycles. The van der Waals surface area contributed by atoms with Crippen LogP contribution in [0.5, 0.6) is 0 Å². The first-order valence-electron chi connectivity index (χ1n) is 5.15. The summed E-state index contributed by atoms with van der Waals surface area (Å²) in [4.78, 5) is 0.868. The van der Waals surface area contributed by atoms with Gasteiger partial charge in [-0.2, -0.15) is 9.61 Å². The molecule has 6 heteroatoms. The highest BCUT2D eigenvalue weighted by Crippen LogP contribution is 2.33. The first-order valence-corrected chi connectivity index (χ1v) is 6.50. The summed E-state index contributed by atoms with van der Waals surface area (Å²) in [5.74, 6) is 2.03. The molecule has 0 radical (unpaired) electrons. The molecular weight excluding hydrogens is 232 g/mol. The molecular formula is C9H11ClN4S. The van der Waals surface area contributed by atoms with Gasteiger partial charge in [0.15, 0.2) is 5.82 Å². The molecule has 1 saturated carbocycles. The van der Waals surface area contributed by atoms with Gasteiger partial charge >= 0.3 is 0 Å². The van der Waals surface area contributed by atoms with Crippen molar-refractivity contribution in [1.82, 2.24) is 19.8 Å². The summed E-state index contributed by atoms with van der Waals surface area (Å²) in [5, 5.41) is 13.7. The molecule has 0 spiro atoms. The fraction of sp³-hybridized carbons (Fsp3) is 0.667. The van der Waals surface area contributed by atoms with E-state index < -0.39 is 0 Å². The Morgan fingerprint density at radius 2 is 2.13 bits per heavy atom. The largest absolute Gasteiger partial charge is 0.234 e. The smallest absolute Gasteiger partial charge is 0.187 e.